The summed E-state index contributed by atoms with van der Waals surface area (Å²) in [5.74, 6) is 0.109. The SMILES string of the molecule is CN(CCOc1ccc(CC2(C(=O)OCc3ccccc3)SC(=O)NC2=O)cc1)c1ccccn1. The van der Waals surface area contributed by atoms with E-state index in [0.29, 0.717) is 36.2 Å². The highest BCUT2D eigenvalue weighted by Gasteiger charge is 2.55. The number of aromatic nitrogens is 1. The third kappa shape index (κ3) is 5.99. The molecule has 3 aromatic rings. The van der Waals surface area contributed by atoms with Crippen molar-refractivity contribution in [2.75, 3.05) is 25.1 Å². The molecule has 1 fully saturated rings. The van der Waals surface area contributed by atoms with Crippen molar-refractivity contribution < 1.29 is 23.9 Å². The van der Waals surface area contributed by atoms with Crippen LogP contribution in [0.1, 0.15) is 11.1 Å². The molecular weight excluding hydrogens is 466 g/mol. The van der Waals surface area contributed by atoms with Gasteiger partial charge in [-0.3, -0.25) is 14.9 Å². The first-order valence-electron chi connectivity index (χ1n) is 11.1. The molecule has 1 N–H and O–H groups in total. The number of carbonyl (C=O) groups is 3. The second-order valence-corrected chi connectivity index (χ2v) is 9.28. The van der Waals surface area contributed by atoms with E-state index >= 15 is 0 Å². The number of hydrogen-bond acceptors (Lipinski definition) is 8. The minimum Gasteiger partial charge on any atom is -0.492 e. The lowest BCUT2D eigenvalue weighted by Gasteiger charge is -2.22. The number of nitrogens with zero attached hydrogens (tertiary/aromatic N) is 2. The van der Waals surface area contributed by atoms with Gasteiger partial charge < -0.3 is 14.4 Å². The fourth-order valence-electron chi connectivity index (χ4n) is 3.57. The van der Waals surface area contributed by atoms with Gasteiger partial charge in [0, 0.05) is 19.7 Å². The Kier molecular flexibility index (Phi) is 7.67. The number of amides is 2. The van der Waals surface area contributed by atoms with Gasteiger partial charge in [0.2, 0.25) is 4.75 Å². The van der Waals surface area contributed by atoms with Gasteiger partial charge in [-0.2, -0.15) is 0 Å². The molecule has 2 amide bonds. The number of likely N-dealkylation sites (N-methyl/N-ethyl adjacent to an activating group) is 1. The van der Waals surface area contributed by atoms with Gasteiger partial charge in [-0.25, -0.2) is 9.78 Å². The van der Waals surface area contributed by atoms with Crippen molar-refractivity contribution in [1.29, 1.82) is 0 Å². The van der Waals surface area contributed by atoms with Crippen molar-refractivity contribution in [2.24, 2.45) is 0 Å². The zero-order valence-electron chi connectivity index (χ0n) is 19.2. The van der Waals surface area contributed by atoms with Crippen LogP contribution < -0.4 is 15.0 Å². The summed E-state index contributed by atoms with van der Waals surface area (Å²) < 4.78 is 9.59. The van der Waals surface area contributed by atoms with Crippen molar-refractivity contribution in [2.45, 2.75) is 17.8 Å². The topological polar surface area (TPSA) is 97.8 Å². The maximum atomic E-state index is 13.0. The number of carbonyl (C=O) groups excluding carboxylic acids is 3. The quantitative estimate of drug-likeness (QED) is 0.339. The van der Waals surface area contributed by atoms with Crippen molar-refractivity contribution in [3.63, 3.8) is 0 Å². The summed E-state index contributed by atoms with van der Waals surface area (Å²) in [5, 5.41) is 1.65. The Bertz CT molecular complexity index is 1170. The fraction of sp³-hybridized carbons (Fsp3) is 0.231. The summed E-state index contributed by atoms with van der Waals surface area (Å²) in [6.07, 6.45) is 1.76. The smallest absolute Gasteiger partial charge is 0.333 e. The van der Waals surface area contributed by atoms with Gasteiger partial charge in [0.25, 0.3) is 11.1 Å². The summed E-state index contributed by atoms with van der Waals surface area (Å²) in [4.78, 5) is 43.9. The van der Waals surface area contributed by atoms with Crippen LogP contribution in [0.5, 0.6) is 5.75 Å². The first-order valence-corrected chi connectivity index (χ1v) is 11.9. The monoisotopic (exact) mass is 491 g/mol. The van der Waals surface area contributed by atoms with Crippen LogP contribution in [0.3, 0.4) is 0 Å². The Morgan fingerprint density at radius 2 is 1.74 bits per heavy atom. The van der Waals surface area contributed by atoms with E-state index in [2.05, 4.69) is 10.3 Å². The summed E-state index contributed by atoms with van der Waals surface area (Å²) in [7, 11) is 1.94. The number of esters is 1. The van der Waals surface area contributed by atoms with E-state index in [-0.39, 0.29) is 13.0 Å². The number of anilines is 1. The fourth-order valence-corrected chi connectivity index (χ4v) is 4.56. The highest BCUT2D eigenvalue weighted by molar-refractivity contribution is 8.16. The second-order valence-electron chi connectivity index (χ2n) is 8.01. The van der Waals surface area contributed by atoms with Crippen LogP contribution in [0, 0.1) is 0 Å². The average Bonchev–Trinajstić information content (AvgIpc) is 3.18. The Hall–Kier alpha value is -3.85. The molecule has 1 atom stereocenters. The Balaban J connectivity index is 1.37. The molecule has 2 aromatic carbocycles. The minimum absolute atomic E-state index is 0.0170. The second kappa shape index (κ2) is 11.1. The molecule has 0 bridgehead atoms. The highest BCUT2D eigenvalue weighted by Crippen LogP contribution is 2.37. The van der Waals surface area contributed by atoms with Crippen LogP contribution in [0.4, 0.5) is 10.6 Å². The maximum absolute atomic E-state index is 13.0. The lowest BCUT2D eigenvalue weighted by molar-refractivity contribution is -0.150. The Morgan fingerprint density at radius 3 is 2.40 bits per heavy atom. The van der Waals surface area contributed by atoms with Crippen LogP contribution in [-0.4, -0.2) is 47.0 Å². The molecule has 2 heterocycles. The summed E-state index contributed by atoms with van der Waals surface area (Å²) >= 11 is 0.662. The van der Waals surface area contributed by atoms with E-state index in [1.54, 1.807) is 30.5 Å². The van der Waals surface area contributed by atoms with Crippen LogP contribution >= 0.6 is 11.8 Å². The summed E-state index contributed by atoms with van der Waals surface area (Å²) in [6.45, 7) is 1.12. The van der Waals surface area contributed by atoms with Crippen molar-refractivity contribution >= 4 is 34.7 Å². The molecule has 8 nitrogen and oxygen atoms in total. The molecule has 180 valence electrons. The molecule has 1 saturated heterocycles. The highest BCUT2D eigenvalue weighted by atomic mass is 32.2. The third-order valence-corrected chi connectivity index (χ3v) is 6.64. The Labute approximate surface area is 207 Å². The molecule has 0 aliphatic carbocycles. The normalized spacial score (nSPS) is 17.1. The average molecular weight is 492 g/mol. The predicted molar refractivity (Wildman–Crippen MR) is 133 cm³/mol. The molecule has 9 heteroatoms. The standard InChI is InChI=1S/C26H25N3O5S/c1-29(22-9-5-6-14-27-22)15-16-33-21-12-10-19(11-13-21)17-26(23(30)28-25(32)35-26)24(31)34-18-20-7-3-2-4-8-20/h2-14H,15-18H2,1H3,(H,28,30,32). The number of nitrogens with one attached hydrogen (secondary N) is 1. The number of ether oxygens (including phenoxy) is 2. The van der Waals surface area contributed by atoms with Crippen LogP contribution in [0.15, 0.2) is 79.0 Å². The van der Waals surface area contributed by atoms with Crippen LogP contribution in [0.2, 0.25) is 0 Å². The van der Waals surface area contributed by atoms with E-state index in [1.807, 2.05) is 60.5 Å². The number of thioether (sulfide) groups is 1. The first-order chi connectivity index (χ1) is 17.0. The van der Waals surface area contributed by atoms with Gasteiger partial charge in [-0.05, 0) is 47.2 Å². The first kappa shape index (κ1) is 24.3. The maximum Gasteiger partial charge on any atom is 0.333 e. The summed E-state index contributed by atoms with van der Waals surface area (Å²) in [5.41, 5.74) is 1.50. The number of rotatable bonds is 10. The molecule has 1 aliphatic heterocycles. The molecule has 1 unspecified atom stereocenters. The number of imide groups is 1. The zero-order chi connectivity index (χ0) is 24.7. The van der Waals surface area contributed by atoms with E-state index < -0.39 is 21.9 Å². The van der Waals surface area contributed by atoms with Gasteiger partial charge in [0.15, 0.2) is 0 Å². The zero-order valence-corrected chi connectivity index (χ0v) is 20.0. The van der Waals surface area contributed by atoms with E-state index in [0.717, 1.165) is 11.4 Å². The molecule has 35 heavy (non-hydrogen) atoms. The van der Waals surface area contributed by atoms with Gasteiger partial charge in [-0.15, -0.1) is 0 Å². The molecule has 1 aliphatic rings. The van der Waals surface area contributed by atoms with Crippen LogP contribution in [0.25, 0.3) is 0 Å². The van der Waals surface area contributed by atoms with Crippen LogP contribution in [-0.2, 0) is 27.4 Å². The number of hydrogen-bond donors (Lipinski definition) is 1. The molecule has 0 spiro atoms. The van der Waals surface area contributed by atoms with Gasteiger partial charge in [-0.1, -0.05) is 48.5 Å². The summed E-state index contributed by atoms with van der Waals surface area (Å²) in [6, 6.07) is 22.0. The predicted octanol–water partition coefficient (Wildman–Crippen LogP) is 3.60. The number of benzene rings is 2. The third-order valence-electron chi connectivity index (χ3n) is 5.50. The number of pyridine rings is 1. The molecular formula is C26H25N3O5S. The van der Waals surface area contributed by atoms with Gasteiger partial charge in [0.05, 0.1) is 6.54 Å². The largest absolute Gasteiger partial charge is 0.492 e. The lowest BCUT2D eigenvalue weighted by Crippen LogP contribution is -2.46. The molecule has 1 aromatic heterocycles. The van der Waals surface area contributed by atoms with Crippen molar-refractivity contribution in [3.8, 4) is 5.75 Å². The van der Waals surface area contributed by atoms with Crippen molar-refractivity contribution in [3.05, 3.63) is 90.1 Å². The molecule has 0 radical (unpaired) electrons. The molecule has 0 saturated carbocycles. The van der Waals surface area contributed by atoms with E-state index in [4.69, 9.17) is 9.47 Å². The lowest BCUT2D eigenvalue weighted by atomic mass is 9.97. The molecule has 4 rings (SSSR count). The van der Waals surface area contributed by atoms with Crippen molar-refractivity contribution in [1.82, 2.24) is 10.3 Å². The van der Waals surface area contributed by atoms with Gasteiger partial charge in [0.1, 0.15) is 24.8 Å². The van der Waals surface area contributed by atoms with E-state index in [9.17, 15) is 14.4 Å². The van der Waals surface area contributed by atoms with E-state index in [1.165, 1.54) is 0 Å². The Morgan fingerprint density at radius 1 is 1.00 bits per heavy atom. The van der Waals surface area contributed by atoms with Gasteiger partial charge >= 0.3 is 5.97 Å². The minimum atomic E-state index is -1.67.